The Kier molecular flexibility index (Phi) is 4.11. The number of rotatable bonds is 3. The molecule has 1 amide bonds. The van der Waals surface area contributed by atoms with Gasteiger partial charge in [0.15, 0.2) is 11.6 Å². The van der Waals surface area contributed by atoms with Gasteiger partial charge in [-0.05, 0) is 34.1 Å². The van der Waals surface area contributed by atoms with Crippen molar-refractivity contribution in [3.05, 3.63) is 46.8 Å². The van der Waals surface area contributed by atoms with Gasteiger partial charge < -0.3 is 10.1 Å². The second kappa shape index (κ2) is 5.79. The Labute approximate surface area is 117 Å². The molecule has 1 heterocycles. The molecular weight excluding hydrogens is 315 g/mol. The molecule has 0 bridgehead atoms. The second-order valence-corrected chi connectivity index (χ2v) is 4.64. The molecule has 2 rings (SSSR count). The smallest absolute Gasteiger partial charge is 0.256 e. The van der Waals surface area contributed by atoms with Crippen LogP contribution in [0.5, 0.6) is 11.6 Å². The van der Waals surface area contributed by atoms with E-state index in [1.54, 1.807) is 24.3 Å². The molecule has 0 spiro atoms. The minimum absolute atomic E-state index is 0.152. The lowest BCUT2D eigenvalue weighted by atomic mass is 10.3. The van der Waals surface area contributed by atoms with Crippen LogP contribution in [0.2, 0.25) is 0 Å². The van der Waals surface area contributed by atoms with Gasteiger partial charge in [0, 0.05) is 17.6 Å². The standard InChI is InChI=1S/C13H10BrFN2O2/c1-8(18)17-11-4-2-3-5-12(11)19-13-10(15)6-9(14)7-16-13/h2-7H,1H3,(H,17,18). The number of benzene rings is 1. The molecule has 2 aromatic rings. The van der Waals surface area contributed by atoms with E-state index in [-0.39, 0.29) is 11.8 Å². The van der Waals surface area contributed by atoms with Crippen LogP contribution in [0, 0.1) is 5.82 Å². The predicted octanol–water partition coefficient (Wildman–Crippen LogP) is 3.73. The quantitative estimate of drug-likeness (QED) is 0.935. The summed E-state index contributed by atoms with van der Waals surface area (Å²) < 4.78 is 19.5. The lowest BCUT2D eigenvalue weighted by molar-refractivity contribution is -0.114. The first-order valence-electron chi connectivity index (χ1n) is 5.42. The van der Waals surface area contributed by atoms with Gasteiger partial charge in [0.05, 0.1) is 5.69 Å². The van der Waals surface area contributed by atoms with Crippen LogP contribution in [-0.2, 0) is 4.79 Å². The van der Waals surface area contributed by atoms with E-state index in [1.165, 1.54) is 19.2 Å². The molecule has 6 heteroatoms. The number of amides is 1. The maximum atomic E-state index is 13.6. The SMILES string of the molecule is CC(=O)Nc1ccccc1Oc1ncc(Br)cc1F. The average Bonchev–Trinajstić information content (AvgIpc) is 2.34. The van der Waals surface area contributed by atoms with E-state index in [0.717, 1.165) is 0 Å². The molecule has 19 heavy (non-hydrogen) atoms. The van der Waals surface area contributed by atoms with Gasteiger partial charge in [-0.25, -0.2) is 9.37 Å². The second-order valence-electron chi connectivity index (χ2n) is 3.72. The third-order valence-corrected chi connectivity index (χ3v) is 2.61. The fraction of sp³-hybridized carbons (Fsp3) is 0.0769. The number of nitrogens with zero attached hydrogens (tertiary/aromatic N) is 1. The van der Waals surface area contributed by atoms with Crippen molar-refractivity contribution in [3.8, 4) is 11.6 Å². The number of nitrogens with one attached hydrogen (secondary N) is 1. The molecule has 1 aromatic carbocycles. The van der Waals surface area contributed by atoms with Gasteiger partial charge in [0.1, 0.15) is 0 Å². The third-order valence-electron chi connectivity index (χ3n) is 2.18. The Bertz CT molecular complexity index is 619. The van der Waals surface area contributed by atoms with Gasteiger partial charge in [0.25, 0.3) is 5.88 Å². The van der Waals surface area contributed by atoms with E-state index in [1.807, 2.05) is 0 Å². The molecular formula is C13H10BrFN2O2. The molecule has 0 aliphatic heterocycles. The molecule has 1 N–H and O–H groups in total. The molecule has 0 unspecified atom stereocenters. The first kappa shape index (κ1) is 13.5. The average molecular weight is 325 g/mol. The van der Waals surface area contributed by atoms with Crippen molar-refractivity contribution in [1.29, 1.82) is 0 Å². The number of halogens is 2. The Hall–Kier alpha value is -1.95. The van der Waals surface area contributed by atoms with E-state index in [4.69, 9.17) is 4.74 Å². The minimum Gasteiger partial charge on any atom is -0.434 e. The lowest BCUT2D eigenvalue weighted by Gasteiger charge is -2.10. The first-order chi connectivity index (χ1) is 9.06. The molecule has 1 aromatic heterocycles. The predicted molar refractivity (Wildman–Crippen MR) is 72.7 cm³/mol. The number of hydrogen-bond donors (Lipinski definition) is 1. The van der Waals surface area contributed by atoms with Crippen LogP contribution >= 0.6 is 15.9 Å². The van der Waals surface area contributed by atoms with Crippen molar-refractivity contribution in [3.63, 3.8) is 0 Å². The van der Waals surface area contributed by atoms with Gasteiger partial charge in [-0.2, -0.15) is 0 Å². The lowest BCUT2D eigenvalue weighted by Crippen LogP contribution is -2.07. The largest absolute Gasteiger partial charge is 0.434 e. The molecule has 0 atom stereocenters. The zero-order chi connectivity index (χ0) is 13.8. The fourth-order valence-electron chi connectivity index (χ4n) is 1.43. The summed E-state index contributed by atoms with van der Waals surface area (Å²) in [6.45, 7) is 1.38. The Morgan fingerprint density at radius 2 is 2.16 bits per heavy atom. The molecule has 0 aliphatic rings. The van der Waals surface area contributed by atoms with E-state index in [0.29, 0.717) is 15.9 Å². The topological polar surface area (TPSA) is 51.2 Å². The van der Waals surface area contributed by atoms with Gasteiger partial charge >= 0.3 is 0 Å². The van der Waals surface area contributed by atoms with Crippen molar-refractivity contribution < 1.29 is 13.9 Å². The van der Waals surface area contributed by atoms with Crippen molar-refractivity contribution >= 4 is 27.5 Å². The van der Waals surface area contributed by atoms with Gasteiger partial charge in [0.2, 0.25) is 5.91 Å². The summed E-state index contributed by atoms with van der Waals surface area (Å²) in [5.41, 5.74) is 0.458. The van der Waals surface area contributed by atoms with Crippen LogP contribution in [0.4, 0.5) is 10.1 Å². The van der Waals surface area contributed by atoms with Crippen LogP contribution in [0.1, 0.15) is 6.92 Å². The van der Waals surface area contributed by atoms with Crippen molar-refractivity contribution in [1.82, 2.24) is 4.98 Å². The number of hydrogen-bond acceptors (Lipinski definition) is 3. The highest BCUT2D eigenvalue weighted by molar-refractivity contribution is 9.10. The summed E-state index contributed by atoms with van der Waals surface area (Å²) in [4.78, 5) is 14.9. The highest BCUT2D eigenvalue weighted by Crippen LogP contribution is 2.30. The molecule has 0 saturated heterocycles. The minimum atomic E-state index is -0.591. The molecule has 0 aliphatic carbocycles. The Morgan fingerprint density at radius 1 is 1.42 bits per heavy atom. The summed E-state index contributed by atoms with van der Waals surface area (Å²) in [5.74, 6) is -0.653. The molecule has 0 radical (unpaired) electrons. The van der Waals surface area contributed by atoms with Crippen LogP contribution in [-0.4, -0.2) is 10.9 Å². The van der Waals surface area contributed by atoms with E-state index in [2.05, 4.69) is 26.2 Å². The normalized spacial score (nSPS) is 10.1. The monoisotopic (exact) mass is 324 g/mol. The number of para-hydroxylation sites is 2. The van der Waals surface area contributed by atoms with Crippen LogP contribution < -0.4 is 10.1 Å². The summed E-state index contributed by atoms with van der Waals surface area (Å²) in [5, 5.41) is 2.60. The number of carbonyl (C=O) groups is 1. The maximum Gasteiger partial charge on any atom is 0.256 e. The molecule has 4 nitrogen and oxygen atoms in total. The molecule has 0 saturated carbocycles. The Morgan fingerprint density at radius 3 is 2.84 bits per heavy atom. The zero-order valence-electron chi connectivity index (χ0n) is 9.98. The van der Waals surface area contributed by atoms with Crippen molar-refractivity contribution in [2.45, 2.75) is 6.92 Å². The van der Waals surface area contributed by atoms with Crippen LogP contribution in [0.15, 0.2) is 41.0 Å². The first-order valence-corrected chi connectivity index (χ1v) is 6.21. The molecule has 98 valence electrons. The summed E-state index contributed by atoms with van der Waals surface area (Å²) in [6, 6.07) is 7.99. The van der Waals surface area contributed by atoms with E-state index in [9.17, 15) is 9.18 Å². The number of carbonyl (C=O) groups excluding carboxylic acids is 1. The number of aromatic nitrogens is 1. The highest BCUT2D eigenvalue weighted by atomic mass is 79.9. The number of ether oxygens (including phenoxy) is 1. The van der Waals surface area contributed by atoms with Crippen LogP contribution in [0.25, 0.3) is 0 Å². The van der Waals surface area contributed by atoms with Gasteiger partial charge in [-0.3, -0.25) is 4.79 Å². The van der Waals surface area contributed by atoms with Crippen molar-refractivity contribution in [2.24, 2.45) is 0 Å². The zero-order valence-corrected chi connectivity index (χ0v) is 11.6. The maximum absolute atomic E-state index is 13.6. The van der Waals surface area contributed by atoms with Crippen molar-refractivity contribution in [2.75, 3.05) is 5.32 Å². The number of anilines is 1. The van der Waals surface area contributed by atoms with E-state index < -0.39 is 5.82 Å². The Balaban J connectivity index is 2.30. The fourth-order valence-corrected chi connectivity index (χ4v) is 1.73. The summed E-state index contributed by atoms with van der Waals surface area (Å²) in [6.07, 6.45) is 1.43. The summed E-state index contributed by atoms with van der Waals surface area (Å²) in [7, 11) is 0. The van der Waals surface area contributed by atoms with Gasteiger partial charge in [-0.15, -0.1) is 0 Å². The number of pyridine rings is 1. The third kappa shape index (κ3) is 3.51. The van der Waals surface area contributed by atoms with Crippen LogP contribution in [0.3, 0.4) is 0 Å². The summed E-state index contributed by atoms with van der Waals surface area (Å²) >= 11 is 3.11. The van der Waals surface area contributed by atoms with E-state index >= 15 is 0 Å². The molecule has 0 fully saturated rings. The van der Waals surface area contributed by atoms with Gasteiger partial charge in [-0.1, -0.05) is 12.1 Å². The highest BCUT2D eigenvalue weighted by Gasteiger charge is 2.10.